The Morgan fingerprint density at radius 2 is 0.954 bits per heavy atom. The average Bonchev–Trinajstić information content (AvgIpc) is 4.08. The number of benzene rings is 3. The predicted molar refractivity (Wildman–Crippen MR) is 250 cm³/mol. The molecule has 0 aliphatic carbocycles. The lowest BCUT2D eigenvalue weighted by Crippen LogP contribution is -2.54. The Hall–Kier alpha value is -6.64. The summed E-state index contributed by atoms with van der Waals surface area (Å²) in [6.07, 6.45) is 0.943. The number of anilines is 2. The molecule has 3 heterocycles. The van der Waals surface area contributed by atoms with E-state index in [9.17, 15) is 28.8 Å². The number of carbonyl (C=O) groups is 6. The van der Waals surface area contributed by atoms with Crippen molar-refractivity contribution in [2.75, 3.05) is 37.9 Å². The van der Waals surface area contributed by atoms with Gasteiger partial charge in [-0.05, 0) is 108 Å². The van der Waals surface area contributed by atoms with Crippen LogP contribution in [-0.4, -0.2) is 102 Å². The number of hydrogen-bond donors (Lipinski definition) is 4. The smallest absolute Gasteiger partial charge is 0.407 e. The number of likely N-dealkylation sites (tertiary alicyclic amines) is 2. The minimum absolute atomic E-state index is 0.0425. The number of carbonyl (C=O) groups excluding carboxylic acids is 6. The van der Waals surface area contributed by atoms with Gasteiger partial charge in [0, 0.05) is 30.2 Å². The van der Waals surface area contributed by atoms with Gasteiger partial charge in [-0.25, -0.2) is 9.59 Å². The SMILES string of the molecule is COC(=O)NC(C(=O)N1CCCC1C(=O)Nc1ccc(-c2ccc(-c3ccc(NC(=O)C4CCCN4C(=O)C(NC(=O)OC)C(C)C)cc3)n2-c2ccc(C(C)(C)C)cc2)cc1)C(C)C. The average molecular weight is 890 g/mol. The van der Waals surface area contributed by atoms with Crippen LogP contribution in [0.15, 0.2) is 84.9 Å². The monoisotopic (exact) mass is 889 g/mol. The summed E-state index contributed by atoms with van der Waals surface area (Å²) in [5.74, 6) is -1.65. The Balaban J connectivity index is 1.22. The van der Waals surface area contributed by atoms with E-state index < -0.39 is 36.4 Å². The highest BCUT2D eigenvalue weighted by molar-refractivity contribution is 6.00. The van der Waals surface area contributed by atoms with Crippen molar-refractivity contribution in [1.29, 1.82) is 0 Å². The van der Waals surface area contributed by atoms with Crippen LogP contribution in [0.25, 0.3) is 28.2 Å². The van der Waals surface area contributed by atoms with E-state index in [1.807, 2.05) is 76.2 Å². The summed E-state index contributed by atoms with van der Waals surface area (Å²) in [6, 6.07) is 24.8. The highest BCUT2D eigenvalue weighted by Gasteiger charge is 2.40. The van der Waals surface area contributed by atoms with Gasteiger partial charge < -0.3 is 45.1 Å². The molecule has 6 amide bonds. The first kappa shape index (κ1) is 47.8. The van der Waals surface area contributed by atoms with E-state index in [1.54, 1.807) is 9.80 Å². The second kappa shape index (κ2) is 20.5. The first-order valence-corrected chi connectivity index (χ1v) is 22.4. The van der Waals surface area contributed by atoms with Crippen LogP contribution in [0.2, 0.25) is 0 Å². The molecule has 1 aromatic heterocycles. The number of alkyl carbamates (subject to hydrolysis) is 2. The maximum atomic E-state index is 13.7. The van der Waals surface area contributed by atoms with Gasteiger partial charge in [-0.2, -0.15) is 0 Å². The molecule has 4 unspecified atom stereocenters. The van der Waals surface area contributed by atoms with Crippen molar-refractivity contribution in [2.45, 2.75) is 104 Å². The van der Waals surface area contributed by atoms with Crippen molar-refractivity contribution in [2.24, 2.45) is 11.8 Å². The second-order valence-corrected chi connectivity index (χ2v) is 18.5. The first-order valence-electron chi connectivity index (χ1n) is 22.4. The van der Waals surface area contributed by atoms with Gasteiger partial charge in [0.2, 0.25) is 23.6 Å². The van der Waals surface area contributed by atoms with Crippen LogP contribution < -0.4 is 21.3 Å². The van der Waals surface area contributed by atoms with Crippen LogP contribution in [0.1, 0.15) is 79.7 Å². The third-order valence-corrected chi connectivity index (χ3v) is 12.2. The molecule has 0 bridgehead atoms. The Morgan fingerprint density at radius 3 is 1.29 bits per heavy atom. The number of methoxy groups -OCH3 is 2. The molecular weight excluding hydrogens is 827 g/mol. The Kier molecular flexibility index (Phi) is 15.1. The number of aromatic nitrogens is 1. The molecule has 15 nitrogen and oxygen atoms in total. The van der Waals surface area contributed by atoms with Gasteiger partial charge in [0.1, 0.15) is 24.2 Å². The number of ether oxygens (including phenoxy) is 2. The Bertz CT molecular complexity index is 2210. The number of rotatable bonds is 13. The van der Waals surface area contributed by atoms with Gasteiger partial charge in [0.25, 0.3) is 0 Å². The molecule has 2 aliphatic heterocycles. The lowest BCUT2D eigenvalue weighted by atomic mass is 9.87. The summed E-state index contributed by atoms with van der Waals surface area (Å²) >= 11 is 0. The Morgan fingerprint density at radius 1 is 0.569 bits per heavy atom. The molecule has 2 fully saturated rings. The lowest BCUT2D eigenvalue weighted by Gasteiger charge is -2.30. The molecule has 0 saturated carbocycles. The van der Waals surface area contributed by atoms with Crippen molar-refractivity contribution < 1.29 is 38.2 Å². The summed E-state index contributed by atoms with van der Waals surface area (Å²) in [7, 11) is 2.49. The van der Waals surface area contributed by atoms with E-state index in [2.05, 4.69) is 83.0 Å². The molecule has 346 valence electrons. The summed E-state index contributed by atoms with van der Waals surface area (Å²) in [6.45, 7) is 14.7. The minimum Gasteiger partial charge on any atom is -0.453 e. The van der Waals surface area contributed by atoms with Gasteiger partial charge in [-0.3, -0.25) is 19.2 Å². The summed E-state index contributed by atoms with van der Waals surface area (Å²) in [4.78, 5) is 81.5. The van der Waals surface area contributed by atoms with Crippen molar-refractivity contribution in [3.63, 3.8) is 0 Å². The standard InChI is InChI=1S/C50H63N7O8/c1-30(2)42(53-48(62)64-8)46(60)55-28-10-12-40(55)44(58)51-35-20-14-32(15-21-35)38-26-27-39(57(38)37-24-18-34(19-25-37)50(5,6)7)33-16-22-36(23-17-33)52-45(59)41-13-11-29-56(41)47(61)43(31(3)4)54-49(63)65-9/h14-27,30-31,40-43H,10-13,28-29H2,1-9H3,(H,51,58)(H,52,59)(H,53,62)(H,54,63). The largest absolute Gasteiger partial charge is 0.453 e. The van der Waals surface area contributed by atoms with E-state index in [0.717, 1.165) is 28.2 Å². The van der Waals surface area contributed by atoms with Crippen molar-refractivity contribution in [1.82, 2.24) is 25.0 Å². The molecule has 2 saturated heterocycles. The highest BCUT2D eigenvalue weighted by Crippen LogP contribution is 2.35. The molecule has 0 spiro atoms. The summed E-state index contributed by atoms with van der Waals surface area (Å²) in [5.41, 5.74) is 6.90. The molecule has 0 radical (unpaired) electrons. The van der Waals surface area contributed by atoms with Crippen LogP contribution in [0.3, 0.4) is 0 Å². The predicted octanol–water partition coefficient (Wildman–Crippen LogP) is 7.73. The van der Waals surface area contributed by atoms with Gasteiger partial charge in [-0.1, -0.05) is 84.9 Å². The third kappa shape index (κ3) is 11.0. The number of nitrogens with zero attached hydrogens (tertiary/aromatic N) is 3. The van der Waals surface area contributed by atoms with Gasteiger partial charge in [-0.15, -0.1) is 0 Å². The molecule has 4 atom stereocenters. The highest BCUT2D eigenvalue weighted by atomic mass is 16.5. The van der Waals surface area contributed by atoms with Crippen molar-refractivity contribution >= 4 is 47.2 Å². The molecular formula is C50H63N7O8. The zero-order valence-electron chi connectivity index (χ0n) is 38.9. The quantitative estimate of drug-likeness (QED) is 0.105. The van der Waals surface area contributed by atoms with Crippen molar-refractivity contribution in [3.8, 4) is 28.2 Å². The lowest BCUT2D eigenvalue weighted by molar-refractivity contribution is -0.139. The van der Waals surface area contributed by atoms with Crippen LogP contribution >= 0.6 is 0 Å². The van der Waals surface area contributed by atoms with E-state index in [1.165, 1.54) is 19.8 Å². The second-order valence-electron chi connectivity index (χ2n) is 18.5. The van der Waals surface area contributed by atoms with Crippen LogP contribution in [0.5, 0.6) is 0 Å². The molecule has 4 N–H and O–H groups in total. The molecule has 2 aliphatic rings. The fourth-order valence-corrected chi connectivity index (χ4v) is 8.54. The van der Waals surface area contributed by atoms with E-state index >= 15 is 0 Å². The molecule has 15 heteroatoms. The number of hydrogen-bond acceptors (Lipinski definition) is 8. The van der Waals surface area contributed by atoms with Crippen LogP contribution in [-0.2, 0) is 34.1 Å². The van der Waals surface area contributed by atoms with E-state index in [-0.39, 0.29) is 40.9 Å². The summed E-state index contributed by atoms with van der Waals surface area (Å²) in [5, 5.41) is 11.3. The fraction of sp³-hybridized carbons (Fsp3) is 0.440. The molecule has 4 aromatic rings. The Labute approximate surface area is 381 Å². The van der Waals surface area contributed by atoms with Gasteiger partial charge >= 0.3 is 12.2 Å². The van der Waals surface area contributed by atoms with E-state index in [4.69, 9.17) is 9.47 Å². The zero-order valence-corrected chi connectivity index (χ0v) is 38.9. The summed E-state index contributed by atoms with van der Waals surface area (Å²) < 4.78 is 11.7. The normalized spacial score (nSPS) is 17.1. The fourth-order valence-electron chi connectivity index (χ4n) is 8.54. The van der Waals surface area contributed by atoms with Gasteiger partial charge in [0.05, 0.1) is 25.6 Å². The zero-order chi connectivity index (χ0) is 47.2. The minimum atomic E-state index is -0.825. The molecule has 6 rings (SSSR count). The third-order valence-electron chi connectivity index (χ3n) is 12.2. The molecule has 65 heavy (non-hydrogen) atoms. The van der Waals surface area contributed by atoms with E-state index in [0.29, 0.717) is 50.1 Å². The number of nitrogens with one attached hydrogen (secondary N) is 4. The number of amides is 6. The van der Waals surface area contributed by atoms with Crippen LogP contribution in [0, 0.1) is 11.8 Å². The molecule has 3 aromatic carbocycles. The maximum absolute atomic E-state index is 13.7. The van der Waals surface area contributed by atoms with Crippen molar-refractivity contribution in [3.05, 3.63) is 90.5 Å². The van der Waals surface area contributed by atoms with Gasteiger partial charge in [0.15, 0.2) is 0 Å². The maximum Gasteiger partial charge on any atom is 0.407 e. The van der Waals surface area contributed by atoms with Crippen LogP contribution in [0.4, 0.5) is 21.0 Å². The topological polar surface area (TPSA) is 180 Å². The first-order chi connectivity index (χ1) is 30.9.